The smallest absolute Gasteiger partial charge is 0.258 e. The highest BCUT2D eigenvalue weighted by Gasteiger charge is 2.23. The molecular formula is C20H17FN2O4S. The molecule has 0 atom stereocenters. The number of rotatable bonds is 7. The summed E-state index contributed by atoms with van der Waals surface area (Å²) in [7, 11) is -4.07. The van der Waals surface area contributed by atoms with E-state index in [1.807, 2.05) is 60.7 Å². The zero-order chi connectivity index (χ0) is 20.1. The van der Waals surface area contributed by atoms with E-state index >= 15 is 0 Å². The maximum absolute atomic E-state index is 13.5. The second-order valence-electron chi connectivity index (χ2n) is 6.10. The van der Waals surface area contributed by atoms with Crippen molar-refractivity contribution in [3.63, 3.8) is 0 Å². The minimum absolute atomic E-state index is 0.0432. The molecule has 0 fully saturated rings. The number of nitrogens with one attached hydrogen (secondary N) is 1. The molecule has 0 bridgehead atoms. The van der Waals surface area contributed by atoms with Crippen molar-refractivity contribution in [1.29, 1.82) is 0 Å². The van der Waals surface area contributed by atoms with E-state index in [1.165, 1.54) is 0 Å². The van der Waals surface area contributed by atoms with Gasteiger partial charge in [0, 0.05) is 18.5 Å². The van der Waals surface area contributed by atoms with E-state index in [0.29, 0.717) is 0 Å². The monoisotopic (exact) mass is 400 g/mol. The third-order valence-electron chi connectivity index (χ3n) is 4.31. The van der Waals surface area contributed by atoms with Gasteiger partial charge in [0.05, 0.1) is 9.82 Å². The predicted octanol–water partition coefficient (Wildman–Crippen LogP) is 3.84. The van der Waals surface area contributed by atoms with Gasteiger partial charge in [0.15, 0.2) is 0 Å². The zero-order valence-corrected chi connectivity index (χ0v) is 15.5. The molecule has 3 aromatic rings. The first-order valence-electron chi connectivity index (χ1n) is 8.42. The summed E-state index contributed by atoms with van der Waals surface area (Å²) in [6.07, 6.45) is 0. The quantitative estimate of drug-likeness (QED) is 0.482. The molecule has 0 unspecified atom stereocenters. The average Bonchev–Trinajstić information content (AvgIpc) is 2.69. The van der Waals surface area contributed by atoms with Gasteiger partial charge in [-0.2, -0.15) is 4.39 Å². The number of nitro groups is 1. The largest absolute Gasteiger partial charge is 0.306 e. The molecule has 6 nitrogen and oxygen atoms in total. The highest BCUT2D eigenvalue weighted by Crippen LogP contribution is 2.25. The second-order valence-corrected chi connectivity index (χ2v) is 7.86. The van der Waals surface area contributed by atoms with E-state index in [2.05, 4.69) is 4.72 Å². The fourth-order valence-electron chi connectivity index (χ4n) is 2.87. The van der Waals surface area contributed by atoms with Gasteiger partial charge in [-0.3, -0.25) is 10.1 Å². The van der Waals surface area contributed by atoms with Crippen molar-refractivity contribution in [1.82, 2.24) is 4.72 Å². The number of hydrogen-bond acceptors (Lipinski definition) is 4. The molecule has 0 aliphatic rings. The molecular weight excluding hydrogens is 383 g/mol. The van der Waals surface area contributed by atoms with E-state index in [4.69, 9.17) is 0 Å². The molecule has 1 N–H and O–H groups in total. The molecule has 0 aromatic heterocycles. The first-order chi connectivity index (χ1) is 13.4. The summed E-state index contributed by atoms with van der Waals surface area (Å²) in [6.45, 7) is 0.0432. The lowest BCUT2D eigenvalue weighted by molar-refractivity contribution is -0.387. The predicted molar refractivity (Wildman–Crippen MR) is 103 cm³/mol. The van der Waals surface area contributed by atoms with Crippen molar-refractivity contribution in [3.05, 3.63) is 106 Å². The minimum atomic E-state index is -4.07. The molecule has 0 amide bonds. The number of benzene rings is 3. The first kappa shape index (κ1) is 19.7. The summed E-state index contributed by atoms with van der Waals surface area (Å²) >= 11 is 0. The molecule has 0 saturated carbocycles. The summed E-state index contributed by atoms with van der Waals surface area (Å²) in [4.78, 5) is 9.57. The minimum Gasteiger partial charge on any atom is -0.258 e. The van der Waals surface area contributed by atoms with Crippen LogP contribution in [0.1, 0.15) is 17.0 Å². The molecule has 0 aliphatic carbocycles. The molecule has 0 aliphatic heterocycles. The van der Waals surface area contributed by atoms with Gasteiger partial charge in [0.1, 0.15) is 0 Å². The molecule has 3 aromatic carbocycles. The Morgan fingerprint density at radius 2 is 1.46 bits per heavy atom. The van der Waals surface area contributed by atoms with Crippen molar-refractivity contribution in [2.24, 2.45) is 0 Å². The van der Waals surface area contributed by atoms with Crippen LogP contribution in [0.4, 0.5) is 10.1 Å². The number of hydrogen-bond donors (Lipinski definition) is 1. The van der Waals surface area contributed by atoms with Crippen molar-refractivity contribution >= 4 is 15.7 Å². The van der Waals surface area contributed by atoms with Crippen LogP contribution in [-0.4, -0.2) is 19.9 Å². The summed E-state index contributed by atoms with van der Waals surface area (Å²) in [5.41, 5.74) is 0.952. The molecule has 8 heteroatoms. The van der Waals surface area contributed by atoms with Crippen molar-refractivity contribution in [2.45, 2.75) is 10.8 Å². The van der Waals surface area contributed by atoms with Crippen LogP contribution in [0.25, 0.3) is 0 Å². The Bertz CT molecular complexity index is 1030. The van der Waals surface area contributed by atoms with Crippen molar-refractivity contribution in [2.75, 3.05) is 6.54 Å². The Kier molecular flexibility index (Phi) is 5.81. The molecule has 0 radical (unpaired) electrons. The van der Waals surface area contributed by atoms with E-state index in [0.717, 1.165) is 29.3 Å². The Morgan fingerprint density at radius 1 is 0.929 bits per heavy atom. The Balaban J connectivity index is 1.89. The number of nitrogens with zero attached hydrogens (tertiary/aromatic N) is 1. The van der Waals surface area contributed by atoms with Crippen LogP contribution in [0.3, 0.4) is 0 Å². The lowest BCUT2D eigenvalue weighted by atomic mass is 9.92. The zero-order valence-electron chi connectivity index (χ0n) is 14.7. The fraction of sp³-hybridized carbons (Fsp3) is 0.100. The summed E-state index contributed by atoms with van der Waals surface area (Å²) < 4.78 is 41.3. The van der Waals surface area contributed by atoms with Gasteiger partial charge in [-0.1, -0.05) is 60.7 Å². The van der Waals surface area contributed by atoms with Crippen LogP contribution in [0.5, 0.6) is 0 Å². The SMILES string of the molecule is O=[N+]([O-])c1cc(S(=O)(=O)NCC(c2ccccc2)c2ccccc2)ccc1F. The third-order valence-corrected chi connectivity index (χ3v) is 5.73. The number of halogens is 1. The fourth-order valence-corrected chi connectivity index (χ4v) is 3.94. The number of nitro benzene ring substituents is 1. The Labute approximate surface area is 161 Å². The molecule has 28 heavy (non-hydrogen) atoms. The van der Waals surface area contributed by atoms with Crippen LogP contribution < -0.4 is 4.72 Å². The standard InChI is InChI=1S/C20H17FN2O4S/c21-19-12-11-17(13-20(19)23(24)25)28(26,27)22-14-18(15-7-3-1-4-8-15)16-9-5-2-6-10-16/h1-13,18,22H,14H2. The summed E-state index contributed by atoms with van der Waals surface area (Å²) in [5.74, 6) is -1.34. The van der Waals surface area contributed by atoms with E-state index in [9.17, 15) is 22.9 Å². The van der Waals surface area contributed by atoms with Gasteiger partial charge < -0.3 is 0 Å². The molecule has 0 spiro atoms. The molecule has 144 valence electrons. The van der Waals surface area contributed by atoms with Crippen LogP contribution in [0.15, 0.2) is 83.8 Å². The van der Waals surface area contributed by atoms with Crippen LogP contribution in [-0.2, 0) is 10.0 Å². The van der Waals surface area contributed by atoms with Crippen molar-refractivity contribution < 1.29 is 17.7 Å². The molecule has 3 rings (SSSR count). The normalized spacial score (nSPS) is 11.5. The van der Waals surface area contributed by atoms with E-state index in [-0.39, 0.29) is 17.4 Å². The molecule has 0 heterocycles. The average molecular weight is 400 g/mol. The highest BCUT2D eigenvalue weighted by molar-refractivity contribution is 7.89. The van der Waals surface area contributed by atoms with Gasteiger partial charge in [0.2, 0.25) is 15.8 Å². The van der Waals surface area contributed by atoms with Gasteiger partial charge in [-0.15, -0.1) is 0 Å². The molecule has 0 saturated heterocycles. The number of sulfonamides is 1. The summed E-state index contributed by atoms with van der Waals surface area (Å²) in [5, 5.41) is 10.9. The van der Waals surface area contributed by atoms with E-state index < -0.39 is 26.5 Å². The third kappa shape index (κ3) is 4.41. The van der Waals surface area contributed by atoms with Gasteiger partial charge in [0.25, 0.3) is 0 Å². The topological polar surface area (TPSA) is 89.3 Å². The maximum Gasteiger partial charge on any atom is 0.306 e. The Morgan fingerprint density at radius 3 is 1.96 bits per heavy atom. The maximum atomic E-state index is 13.5. The lowest BCUT2D eigenvalue weighted by Gasteiger charge is -2.19. The van der Waals surface area contributed by atoms with Crippen LogP contribution in [0.2, 0.25) is 0 Å². The Hall–Kier alpha value is -3.10. The van der Waals surface area contributed by atoms with Crippen LogP contribution >= 0.6 is 0 Å². The van der Waals surface area contributed by atoms with Gasteiger partial charge >= 0.3 is 5.69 Å². The first-order valence-corrected chi connectivity index (χ1v) is 9.90. The van der Waals surface area contributed by atoms with Gasteiger partial charge in [-0.25, -0.2) is 13.1 Å². The summed E-state index contributed by atoms with van der Waals surface area (Å²) in [6, 6.07) is 21.3. The van der Waals surface area contributed by atoms with Gasteiger partial charge in [-0.05, 0) is 23.3 Å². The van der Waals surface area contributed by atoms with E-state index in [1.54, 1.807) is 0 Å². The highest BCUT2D eigenvalue weighted by atomic mass is 32.2. The second kappa shape index (κ2) is 8.28. The van der Waals surface area contributed by atoms with Crippen LogP contribution in [0, 0.1) is 15.9 Å². The van der Waals surface area contributed by atoms with Crippen molar-refractivity contribution in [3.8, 4) is 0 Å². The lowest BCUT2D eigenvalue weighted by Crippen LogP contribution is -2.29.